The van der Waals surface area contributed by atoms with Crippen LogP contribution in [0.25, 0.3) is 10.9 Å². The zero-order valence-corrected chi connectivity index (χ0v) is 14.2. The minimum Gasteiger partial charge on any atom is -0.336 e. The monoisotopic (exact) mass is 355 g/mol. The first-order chi connectivity index (χ1) is 12.5. The zero-order valence-electron chi connectivity index (χ0n) is 14.2. The van der Waals surface area contributed by atoms with E-state index in [1.165, 1.54) is 24.3 Å². The molecule has 1 aromatic carbocycles. The largest absolute Gasteiger partial charge is 0.336 e. The fourth-order valence-electron chi connectivity index (χ4n) is 3.44. The van der Waals surface area contributed by atoms with Gasteiger partial charge in [0.2, 0.25) is 5.56 Å². The Morgan fingerprint density at radius 3 is 2.96 bits per heavy atom. The second-order valence-electron chi connectivity index (χ2n) is 6.35. The van der Waals surface area contributed by atoms with Crippen LogP contribution in [0, 0.1) is 5.82 Å². The third kappa shape index (κ3) is 2.78. The second kappa shape index (κ2) is 6.38. The molecule has 1 atom stereocenters. The highest BCUT2D eigenvalue weighted by molar-refractivity contribution is 6.06. The van der Waals surface area contributed by atoms with Crippen LogP contribution >= 0.6 is 0 Å². The van der Waals surface area contributed by atoms with Crippen molar-refractivity contribution in [1.29, 1.82) is 0 Å². The van der Waals surface area contributed by atoms with Crippen LogP contribution in [0.4, 0.5) is 4.39 Å². The van der Waals surface area contributed by atoms with Crippen molar-refractivity contribution >= 4 is 16.8 Å². The number of hydrogen-bond acceptors (Lipinski definition) is 4. The Bertz CT molecular complexity index is 1040. The summed E-state index contributed by atoms with van der Waals surface area (Å²) in [6.45, 7) is 1.72. The number of fused-ring (bicyclic) bond motifs is 1. The smallest absolute Gasteiger partial charge is 0.255 e. The number of nitrogens with zero attached hydrogens (tertiary/aromatic N) is 3. The molecule has 26 heavy (non-hydrogen) atoms. The molecule has 1 saturated heterocycles. The first-order valence-corrected chi connectivity index (χ1v) is 8.36. The average molecular weight is 355 g/mol. The van der Waals surface area contributed by atoms with E-state index in [1.807, 2.05) is 17.8 Å². The first-order valence-electron chi connectivity index (χ1n) is 8.36. The van der Waals surface area contributed by atoms with E-state index >= 15 is 0 Å². The summed E-state index contributed by atoms with van der Waals surface area (Å²) in [4.78, 5) is 33.9. The molecule has 1 fully saturated rings. The number of rotatable bonds is 2. The number of hydrogen-bond donors (Lipinski definition) is 2. The Morgan fingerprint density at radius 1 is 1.35 bits per heavy atom. The number of amides is 1. The van der Waals surface area contributed by atoms with E-state index < -0.39 is 11.4 Å². The summed E-state index contributed by atoms with van der Waals surface area (Å²) in [7, 11) is 1.88. The number of piperazine rings is 1. The summed E-state index contributed by atoms with van der Waals surface area (Å²) in [5, 5.41) is 3.80. The molecule has 0 saturated carbocycles. The molecule has 1 unspecified atom stereocenters. The van der Waals surface area contributed by atoms with E-state index in [4.69, 9.17) is 0 Å². The number of carbonyl (C=O) groups excluding carboxylic acids is 1. The molecule has 4 rings (SSSR count). The summed E-state index contributed by atoms with van der Waals surface area (Å²) >= 11 is 0. The van der Waals surface area contributed by atoms with Gasteiger partial charge < -0.3 is 19.8 Å². The van der Waals surface area contributed by atoms with Gasteiger partial charge in [-0.1, -0.05) is 0 Å². The van der Waals surface area contributed by atoms with Gasteiger partial charge in [0, 0.05) is 50.5 Å². The van der Waals surface area contributed by atoms with E-state index in [2.05, 4.69) is 15.3 Å². The van der Waals surface area contributed by atoms with E-state index in [9.17, 15) is 14.0 Å². The van der Waals surface area contributed by atoms with Crippen LogP contribution in [0.15, 0.2) is 41.5 Å². The highest BCUT2D eigenvalue weighted by Crippen LogP contribution is 2.25. The molecule has 134 valence electrons. The van der Waals surface area contributed by atoms with Gasteiger partial charge in [-0.3, -0.25) is 9.59 Å². The Labute approximate surface area is 148 Å². The maximum absolute atomic E-state index is 13.5. The lowest BCUT2D eigenvalue weighted by Crippen LogP contribution is -2.49. The van der Waals surface area contributed by atoms with Gasteiger partial charge in [-0.2, -0.15) is 0 Å². The number of aryl methyl sites for hydroxylation is 1. The van der Waals surface area contributed by atoms with Gasteiger partial charge in [0.15, 0.2) is 0 Å². The topological polar surface area (TPSA) is 83.0 Å². The van der Waals surface area contributed by atoms with Crippen molar-refractivity contribution in [1.82, 2.24) is 24.8 Å². The summed E-state index contributed by atoms with van der Waals surface area (Å²) < 4.78 is 15.4. The number of aromatic nitrogens is 3. The van der Waals surface area contributed by atoms with Crippen molar-refractivity contribution in [3.05, 3.63) is 64.2 Å². The Morgan fingerprint density at radius 2 is 2.19 bits per heavy atom. The predicted octanol–water partition coefficient (Wildman–Crippen LogP) is 1.19. The summed E-state index contributed by atoms with van der Waals surface area (Å²) in [6, 6.07) is 5.06. The molecular formula is C18H18FN5O2. The van der Waals surface area contributed by atoms with E-state index in [-0.39, 0.29) is 17.5 Å². The molecule has 2 N–H and O–H groups in total. The van der Waals surface area contributed by atoms with E-state index in [1.54, 1.807) is 11.1 Å². The van der Waals surface area contributed by atoms with Gasteiger partial charge >= 0.3 is 0 Å². The molecule has 0 radical (unpaired) electrons. The molecular weight excluding hydrogens is 337 g/mol. The van der Waals surface area contributed by atoms with Gasteiger partial charge in [-0.15, -0.1) is 0 Å². The van der Waals surface area contributed by atoms with Crippen molar-refractivity contribution in [2.24, 2.45) is 7.05 Å². The third-order valence-corrected chi connectivity index (χ3v) is 4.70. The zero-order chi connectivity index (χ0) is 18.3. The second-order valence-corrected chi connectivity index (χ2v) is 6.35. The Balaban J connectivity index is 1.80. The number of pyridine rings is 1. The van der Waals surface area contributed by atoms with Crippen LogP contribution < -0.4 is 10.9 Å². The SMILES string of the molecule is Cn1ccnc1C1CNCCN1C(=O)c1cc(=O)[nH]c2cc(F)ccc12. The number of aromatic amines is 1. The molecule has 2 aromatic heterocycles. The van der Waals surface area contributed by atoms with Crippen LogP contribution in [-0.4, -0.2) is 45.0 Å². The van der Waals surface area contributed by atoms with Crippen LogP contribution in [-0.2, 0) is 7.05 Å². The molecule has 1 amide bonds. The molecule has 1 aliphatic rings. The van der Waals surface area contributed by atoms with Crippen LogP contribution in [0.3, 0.4) is 0 Å². The maximum Gasteiger partial charge on any atom is 0.255 e. The van der Waals surface area contributed by atoms with Crippen molar-refractivity contribution in [2.45, 2.75) is 6.04 Å². The lowest BCUT2D eigenvalue weighted by atomic mass is 10.1. The molecule has 3 aromatic rings. The van der Waals surface area contributed by atoms with Crippen molar-refractivity contribution in [2.75, 3.05) is 19.6 Å². The molecule has 0 aliphatic carbocycles. The van der Waals surface area contributed by atoms with Crippen molar-refractivity contribution in [3.63, 3.8) is 0 Å². The average Bonchev–Trinajstić information content (AvgIpc) is 3.06. The lowest BCUT2D eigenvalue weighted by Gasteiger charge is -2.36. The fourth-order valence-corrected chi connectivity index (χ4v) is 3.44. The number of halogens is 1. The van der Waals surface area contributed by atoms with Crippen LogP contribution in [0.5, 0.6) is 0 Å². The molecule has 8 heteroatoms. The fraction of sp³-hybridized carbons (Fsp3) is 0.278. The van der Waals surface area contributed by atoms with Gasteiger partial charge in [0.05, 0.1) is 11.1 Å². The van der Waals surface area contributed by atoms with Crippen molar-refractivity contribution < 1.29 is 9.18 Å². The Kier molecular flexibility index (Phi) is 4.04. The molecule has 7 nitrogen and oxygen atoms in total. The van der Waals surface area contributed by atoms with Gasteiger partial charge in [0.1, 0.15) is 17.7 Å². The summed E-state index contributed by atoms with van der Waals surface area (Å²) in [5.74, 6) is 0.0405. The van der Waals surface area contributed by atoms with E-state index in [0.29, 0.717) is 30.5 Å². The number of carbonyl (C=O) groups is 1. The van der Waals surface area contributed by atoms with Gasteiger partial charge in [-0.25, -0.2) is 9.37 Å². The number of benzene rings is 1. The van der Waals surface area contributed by atoms with E-state index in [0.717, 1.165) is 5.82 Å². The van der Waals surface area contributed by atoms with Crippen LogP contribution in [0.1, 0.15) is 22.2 Å². The normalized spacial score (nSPS) is 17.6. The highest BCUT2D eigenvalue weighted by atomic mass is 19.1. The first kappa shape index (κ1) is 16.5. The quantitative estimate of drug-likeness (QED) is 0.723. The molecule has 0 spiro atoms. The van der Waals surface area contributed by atoms with Gasteiger partial charge in [0.25, 0.3) is 5.91 Å². The molecule has 0 bridgehead atoms. The predicted molar refractivity (Wildman–Crippen MR) is 94.4 cm³/mol. The Hall–Kier alpha value is -3.00. The lowest BCUT2D eigenvalue weighted by molar-refractivity contribution is 0.0622. The van der Waals surface area contributed by atoms with Gasteiger partial charge in [-0.05, 0) is 18.2 Å². The van der Waals surface area contributed by atoms with Crippen LogP contribution in [0.2, 0.25) is 0 Å². The molecule has 1 aliphatic heterocycles. The maximum atomic E-state index is 13.5. The minimum atomic E-state index is -0.467. The third-order valence-electron chi connectivity index (χ3n) is 4.70. The summed E-state index contributed by atoms with van der Waals surface area (Å²) in [5.41, 5.74) is 0.143. The summed E-state index contributed by atoms with van der Waals surface area (Å²) in [6.07, 6.45) is 3.52. The number of H-pyrrole nitrogens is 1. The van der Waals surface area contributed by atoms with Crippen molar-refractivity contribution in [3.8, 4) is 0 Å². The highest BCUT2D eigenvalue weighted by Gasteiger charge is 2.32. The number of nitrogens with one attached hydrogen (secondary N) is 2. The minimum absolute atomic E-state index is 0.244. The standard InChI is InChI=1S/C18H18FN5O2/c1-23-6-5-21-17(23)15-10-20-4-7-24(15)18(26)13-9-16(25)22-14-8-11(19)2-3-12(13)14/h2-3,5-6,8-9,15,20H,4,7,10H2,1H3,(H,22,25). The number of imidazole rings is 1. The molecule has 3 heterocycles.